The summed E-state index contributed by atoms with van der Waals surface area (Å²) in [5.74, 6) is -1.61. The minimum Gasteiger partial charge on any atom is -0.456 e. The number of carbonyl (C=O) groups is 1. The van der Waals surface area contributed by atoms with Crippen LogP contribution >= 0.6 is 11.6 Å². The molecule has 0 unspecified atom stereocenters. The highest BCUT2D eigenvalue weighted by Gasteiger charge is 2.47. The molecule has 2 heterocycles. The molecule has 2 aromatic rings. The van der Waals surface area contributed by atoms with Crippen LogP contribution in [0.15, 0.2) is 30.3 Å². The zero-order chi connectivity index (χ0) is 17.8. The standard InChI is InChI=1S/C19H16ClF2NO2/c1-23-6-4-19(5-7-23)13-9-14(21)15(22)10-17(13)25-16-3-2-11(20)8-12(16)18(19)24/h2-3,8-10H,4-7H2,1H3. The summed E-state index contributed by atoms with van der Waals surface area (Å²) in [6, 6.07) is 6.91. The highest BCUT2D eigenvalue weighted by Crippen LogP contribution is 2.48. The van der Waals surface area contributed by atoms with Gasteiger partial charge in [-0.2, -0.15) is 0 Å². The summed E-state index contributed by atoms with van der Waals surface area (Å²) in [4.78, 5) is 15.6. The number of benzene rings is 2. The Morgan fingerprint density at radius 3 is 2.48 bits per heavy atom. The second-order valence-electron chi connectivity index (χ2n) is 6.72. The highest BCUT2D eigenvalue weighted by molar-refractivity contribution is 6.31. The van der Waals surface area contributed by atoms with Gasteiger partial charge in [0.25, 0.3) is 0 Å². The number of ether oxygens (including phenoxy) is 1. The van der Waals surface area contributed by atoms with E-state index in [1.54, 1.807) is 18.2 Å². The van der Waals surface area contributed by atoms with E-state index in [1.807, 2.05) is 7.05 Å². The smallest absolute Gasteiger partial charge is 0.177 e. The van der Waals surface area contributed by atoms with Gasteiger partial charge in [0.2, 0.25) is 0 Å². The minimum absolute atomic E-state index is 0.150. The molecule has 0 aliphatic carbocycles. The van der Waals surface area contributed by atoms with E-state index >= 15 is 0 Å². The minimum atomic E-state index is -0.994. The molecule has 0 radical (unpaired) electrons. The molecule has 130 valence electrons. The first-order chi connectivity index (χ1) is 11.9. The monoisotopic (exact) mass is 363 g/mol. The number of halogens is 3. The molecule has 25 heavy (non-hydrogen) atoms. The molecule has 1 spiro atoms. The van der Waals surface area contributed by atoms with Gasteiger partial charge in [0, 0.05) is 16.7 Å². The Hall–Kier alpha value is -1.98. The molecule has 1 saturated heterocycles. The number of likely N-dealkylation sites (tertiary alicyclic amines) is 1. The van der Waals surface area contributed by atoms with Crippen LogP contribution in [0.25, 0.3) is 0 Å². The normalized spacial score (nSPS) is 19.1. The van der Waals surface area contributed by atoms with Crippen molar-refractivity contribution in [2.75, 3.05) is 20.1 Å². The van der Waals surface area contributed by atoms with Crippen LogP contribution in [0.1, 0.15) is 28.8 Å². The average Bonchev–Trinajstić information content (AvgIpc) is 2.67. The fourth-order valence-corrected chi connectivity index (χ4v) is 3.92. The van der Waals surface area contributed by atoms with E-state index in [4.69, 9.17) is 16.3 Å². The van der Waals surface area contributed by atoms with Crippen molar-refractivity contribution in [2.45, 2.75) is 18.3 Å². The van der Waals surface area contributed by atoms with Crippen LogP contribution in [0.2, 0.25) is 5.02 Å². The zero-order valence-corrected chi connectivity index (χ0v) is 14.4. The van der Waals surface area contributed by atoms with Gasteiger partial charge in [-0.15, -0.1) is 0 Å². The lowest BCUT2D eigenvalue weighted by molar-refractivity contribution is 0.0795. The lowest BCUT2D eigenvalue weighted by Gasteiger charge is -2.39. The molecule has 1 fully saturated rings. The van der Waals surface area contributed by atoms with E-state index < -0.39 is 17.0 Å². The summed E-state index contributed by atoms with van der Waals surface area (Å²) in [5, 5.41) is 0.419. The second kappa shape index (κ2) is 5.78. The van der Waals surface area contributed by atoms with Crippen molar-refractivity contribution in [3.05, 3.63) is 58.1 Å². The van der Waals surface area contributed by atoms with Crippen molar-refractivity contribution in [1.29, 1.82) is 0 Å². The lowest BCUT2D eigenvalue weighted by Crippen LogP contribution is -2.46. The van der Waals surface area contributed by atoms with Gasteiger partial charge >= 0.3 is 0 Å². The van der Waals surface area contributed by atoms with Gasteiger partial charge in [-0.25, -0.2) is 8.78 Å². The SMILES string of the molecule is CN1CCC2(CC1)C(=O)c1cc(Cl)ccc1Oc1cc(F)c(F)cc12. The molecule has 0 N–H and O–H groups in total. The topological polar surface area (TPSA) is 29.5 Å². The first-order valence-electron chi connectivity index (χ1n) is 8.11. The van der Waals surface area contributed by atoms with Crippen molar-refractivity contribution in [3.63, 3.8) is 0 Å². The van der Waals surface area contributed by atoms with Gasteiger partial charge < -0.3 is 9.64 Å². The van der Waals surface area contributed by atoms with Crippen LogP contribution in [-0.4, -0.2) is 30.8 Å². The lowest BCUT2D eigenvalue weighted by atomic mass is 9.68. The van der Waals surface area contributed by atoms with Crippen molar-refractivity contribution in [2.24, 2.45) is 0 Å². The van der Waals surface area contributed by atoms with Crippen LogP contribution in [-0.2, 0) is 5.41 Å². The number of ketones is 1. The second-order valence-corrected chi connectivity index (χ2v) is 7.16. The summed E-state index contributed by atoms with van der Waals surface area (Å²) in [6.07, 6.45) is 1.02. The third-order valence-electron chi connectivity index (χ3n) is 5.22. The van der Waals surface area contributed by atoms with Crippen LogP contribution in [0.3, 0.4) is 0 Å². The predicted octanol–water partition coefficient (Wildman–Crippen LogP) is 4.57. The molecule has 6 heteroatoms. The Morgan fingerprint density at radius 1 is 1.08 bits per heavy atom. The van der Waals surface area contributed by atoms with Gasteiger partial charge in [-0.3, -0.25) is 4.79 Å². The van der Waals surface area contributed by atoms with E-state index in [9.17, 15) is 13.6 Å². The summed E-state index contributed by atoms with van der Waals surface area (Å²) in [7, 11) is 1.97. The number of piperidine rings is 1. The first kappa shape index (κ1) is 16.5. The fraction of sp³-hybridized carbons (Fsp3) is 0.316. The van der Waals surface area contributed by atoms with Gasteiger partial charge in [0.1, 0.15) is 11.5 Å². The van der Waals surface area contributed by atoms with Crippen LogP contribution in [0, 0.1) is 11.6 Å². The van der Waals surface area contributed by atoms with Crippen molar-refractivity contribution in [3.8, 4) is 11.5 Å². The number of rotatable bonds is 0. The Bertz CT molecular complexity index is 876. The van der Waals surface area contributed by atoms with E-state index in [0.717, 1.165) is 12.1 Å². The quantitative estimate of drug-likeness (QED) is 0.686. The highest BCUT2D eigenvalue weighted by atomic mass is 35.5. The summed E-state index contributed by atoms with van der Waals surface area (Å²) in [6.45, 7) is 1.36. The molecular weight excluding hydrogens is 348 g/mol. The molecule has 0 bridgehead atoms. The molecule has 2 aliphatic rings. The Kier molecular flexibility index (Phi) is 3.81. The maximum Gasteiger partial charge on any atom is 0.177 e. The van der Waals surface area contributed by atoms with E-state index in [2.05, 4.69) is 4.90 Å². The molecule has 3 nitrogen and oxygen atoms in total. The van der Waals surface area contributed by atoms with Gasteiger partial charge in [-0.05, 0) is 57.2 Å². The third kappa shape index (κ3) is 2.53. The third-order valence-corrected chi connectivity index (χ3v) is 5.45. The number of carbonyl (C=O) groups excluding carboxylic acids is 1. The number of nitrogens with zero attached hydrogens (tertiary/aromatic N) is 1. The van der Waals surface area contributed by atoms with Gasteiger partial charge in [0.15, 0.2) is 17.4 Å². The molecule has 2 aliphatic heterocycles. The molecule has 0 amide bonds. The number of Topliss-reactive ketones (excluding diaryl/α,β-unsaturated/α-hetero) is 1. The van der Waals surface area contributed by atoms with Crippen LogP contribution < -0.4 is 4.74 Å². The Balaban J connectivity index is 1.98. The Morgan fingerprint density at radius 2 is 1.76 bits per heavy atom. The van der Waals surface area contributed by atoms with Crippen molar-refractivity contribution < 1.29 is 18.3 Å². The van der Waals surface area contributed by atoms with Gasteiger partial charge in [-0.1, -0.05) is 11.6 Å². The average molecular weight is 364 g/mol. The zero-order valence-electron chi connectivity index (χ0n) is 13.6. The van der Waals surface area contributed by atoms with Crippen molar-refractivity contribution >= 4 is 17.4 Å². The maximum atomic E-state index is 14.0. The fourth-order valence-electron chi connectivity index (χ4n) is 3.75. The summed E-state index contributed by atoms with van der Waals surface area (Å²) >= 11 is 6.07. The van der Waals surface area contributed by atoms with E-state index in [0.29, 0.717) is 47.8 Å². The Labute approximate surface area is 149 Å². The first-order valence-corrected chi connectivity index (χ1v) is 8.49. The number of hydrogen-bond acceptors (Lipinski definition) is 3. The molecule has 0 atom stereocenters. The summed E-state index contributed by atoms with van der Waals surface area (Å²) in [5.41, 5.74) is -0.169. The molecule has 4 rings (SSSR count). The molecule has 2 aromatic carbocycles. The number of hydrogen-bond donors (Lipinski definition) is 0. The van der Waals surface area contributed by atoms with E-state index in [-0.39, 0.29) is 11.5 Å². The number of fused-ring (bicyclic) bond motifs is 3. The van der Waals surface area contributed by atoms with Crippen molar-refractivity contribution in [1.82, 2.24) is 4.90 Å². The van der Waals surface area contributed by atoms with E-state index in [1.165, 1.54) is 0 Å². The summed E-state index contributed by atoms with van der Waals surface area (Å²) < 4.78 is 33.6. The van der Waals surface area contributed by atoms with Gasteiger partial charge in [0.05, 0.1) is 11.0 Å². The largest absolute Gasteiger partial charge is 0.456 e. The molecule has 0 aromatic heterocycles. The van der Waals surface area contributed by atoms with Crippen LogP contribution in [0.4, 0.5) is 8.78 Å². The van der Waals surface area contributed by atoms with Crippen LogP contribution in [0.5, 0.6) is 11.5 Å². The molecular formula is C19H16ClF2NO2. The predicted molar refractivity (Wildman–Crippen MR) is 90.6 cm³/mol. The molecule has 0 saturated carbocycles. The maximum absolute atomic E-state index is 14.0.